The molecule has 134 valence electrons. The van der Waals surface area contributed by atoms with Crippen molar-refractivity contribution < 1.29 is 9.53 Å². The molecule has 1 amide bonds. The third kappa shape index (κ3) is 4.23. The summed E-state index contributed by atoms with van der Waals surface area (Å²) in [5.74, 6) is 0.394. The molecule has 0 aliphatic carbocycles. The van der Waals surface area contributed by atoms with Gasteiger partial charge in [-0.1, -0.05) is 41.9 Å². The van der Waals surface area contributed by atoms with Crippen molar-refractivity contribution >= 4 is 34.0 Å². The van der Waals surface area contributed by atoms with Crippen LogP contribution in [0.25, 0.3) is 11.3 Å². The molecule has 26 heavy (non-hydrogen) atoms. The Bertz CT molecular complexity index is 925. The molecule has 0 spiro atoms. The van der Waals surface area contributed by atoms with E-state index in [0.717, 1.165) is 21.7 Å². The van der Waals surface area contributed by atoms with E-state index in [0.29, 0.717) is 15.9 Å². The Morgan fingerprint density at radius 3 is 2.62 bits per heavy atom. The predicted octanol–water partition coefficient (Wildman–Crippen LogP) is 5.49. The van der Waals surface area contributed by atoms with Gasteiger partial charge in [0, 0.05) is 15.5 Å². The maximum Gasteiger partial charge on any atom is 0.266 e. The number of amides is 1. The van der Waals surface area contributed by atoms with Crippen molar-refractivity contribution in [2.24, 2.45) is 0 Å². The molecule has 1 heterocycles. The second-order valence-electron chi connectivity index (χ2n) is 5.95. The summed E-state index contributed by atoms with van der Waals surface area (Å²) in [6.07, 6.45) is -0.653. The lowest BCUT2D eigenvalue weighted by atomic mass is 10.1. The standard InChI is InChI=1S/C20H19ClN2O2S/c1-12-11-16(21)9-10-17(12)25-13(2)19(24)23-20-22-18(14(3)26-20)15-7-5-4-6-8-15/h4-11,13H,1-3H3,(H,22,23,24). The van der Waals surface area contributed by atoms with Gasteiger partial charge in [0.25, 0.3) is 5.91 Å². The summed E-state index contributed by atoms with van der Waals surface area (Å²) in [5, 5.41) is 4.04. The number of aromatic nitrogens is 1. The van der Waals surface area contributed by atoms with Crippen molar-refractivity contribution in [2.75, 3.05) is 5.32 Å². The average Bonchev–Trinajstić information content (AvgIpc) is 2.98. The topological polar surface area (TPSA) is 51.2 Å². The number of anilines is 1. The van der Waals surface area contributed by atoms with Crippen molar-refractivity contribution in [3.63, 3.8) is 0 Å². The van der Waals surface area contributed by atoms with Gasteiger partial charge in [-0.15, -0.1) is 11.3 Å². The molecule has 6 heteroatoms. The number of hydrogen-bond donors (Lipinski definition) is 1. The highest BCUT2D eigenvalue weighted by molar-refractivity contribution is 7.16. The lowest BCUT2D eigenvalue weighted by Gasteiger charge is -2.15. The molecule has 4 nitrogen and oxygen atoms in total. The molecule has 0 saturated carbocycles. The van der Waals surface area contributed by atoms with Crippen LogP contribution in [0.4, 0.5) is 5.13 Å². The number of carbonyl (C=O) groups excluding carboxylic acids is 1. The van der Waals surface area contributed by atoms with Gasteiger partial charge >= 0.3 is 0 Å². The van der Waals surface area contributed by atoms with Crippen LogP contribution >= 0.6 is 22.9 Å². The zero-order chi connectivity index (χ0) is 18.7. The van der Waals surface area contributed by atoms with E-state index in [2.05, 4.69) is 10.3 Å². The molecule has 3 rings (SSSR count). The van der Waals surface area contributed by atoms with Crippen LogP contribution in [-0.2, 0) is 4.79 Å². The van der Waals surface area contributed by atoms with Crippen LogP contribution in [0.5, 0.6) is 5.75 Å². The van der Waals surface area contributed by atoms with Gasteiger partial charge in [0.2, 0.25) is 0 Å². The second-order valence-corrected chi connectivity index (χ2v) is 7.59. The number of rotatable bonds is 5. The van der Waals surface area contributed by atoms with E-state index in [-0.39, 0.29) is 5.91 Å². The van der Waals surface area contributed by atoms with Crippen LogP contribution in [0, 0.1) is 13.8 Å². The molecule has 0 bridgehead atoms. The number of benzene rings is 2. The first-order valence-electron chi connectivity index (χ1n) is 8.20. The molecular formula is C20H19ClN2O2S. The number of carbonyl (C=O) groups is 1. The molecule has 0 saturated heterocycles. The Hall–Kier alpha value is -2.37. The van der Waals surface area contributed by atoms with E-state index in [4.69, 9.17) is 16.3 Å². The monoisotopic (exact) mass is 386 g/mol. The van der Waals surface area contributed by atoms with Crippen LogP contribution in [0.3, 0.4) is 0 Å². The normalized spacial score (nSPS) is 11.8. The van der Waals surface area contributed by atoms with E-state index < -0.39 is 6.10 Å². The quantitative estimate of drug-likeness (QED) is 0.631. The molecule has 1 atom stereocenters. The lowest BCUT2D eigenvalue weighted by Crippen LogP contribution is -2.30. The molecule has 2 aromatic carbocycles. The van der Waals surface area contributed by atoms with Crippen molar-refractivity contribution in [2.45, 2.75) is 26.9 Å². The van der Waals surface area contributed by atoms with Crippen molar-refractivity contribution in [3.8, 4) is 17.0 Å². The summed E-state index contributed by atoms with van der Waals surface area (Å²) in [6, 6.07) is 15.2. The maximum atomic E-state index is 12.5. The number of nitrogens with zero attached hydrogens (tertiary/aromatic N) is 1. The maximum absolute atomic E-state index is 12.5. The molecule has 0 aliphatic rings. The fourth-order valence-corrected chi connectivity index (χ4v) is 3.58. The van der Waals surface area contributed by atoms with Crippen LogP contribution in [-0.4, -0.2) is 17.0 Å². The van der Waals surface area contributed by atoms with E-state index in [1.54, 1.807) is 25.1 Å². The SMILES string of the molecule is Cc1cc(Cl)ccc1OC(C)C(=O)Nc1nc(-c2ccccc2)c(C)s1. The molecule has 0 aliphatic heterocycles. The largest absolute Gasteiger partial charge is 0.481 e. The van der Waals surface area contributed by atoms with Gasteiger partial charge in [-0.25, -0.2) is 4.98 Å². The summed E-state index contributed by atoms with van der Waals surface area (Å²) in [6.45, 7) is 5.59. The van der Waals surface area contributed by atoms with Gasteiger partial charge < -0.3 is 4.74 Å². The fourth-order valence-electron chi connectivity index (χ4n) is 2.51. The number of ether oxygens (including phenoxy) is 1. The molecule has 0 fully saturated rings. The third-order valence-electron chi connectivity index (χ3n) is 3.88. The van der Waals surface area contributed by atoms with Gasteiger partial charge in [0.05, 0.1) is 5.69 Å². The summed E-state index contributed by atoms with van der Waals surface area (Å²) in [5.41, 5.74) is 2.80. The Labute approximate surface area is 161 Å². The molecule has 3 aromatic rings. The van der Waals surface area contributed by atoms with E-state index in [1.807, 2.05) is 44.2 Å². The highest BCUT2D eigenvalue weighted by atomic mass is 35.5. The van der Waals surface area contributed by atoms with Gasteiger partial charge in [-0.2, -0.15) is 0 Å². The predicted molar refractivity (Wildman–Crippen MR) is 107 cm³/mol. The Balaban J connectivity index is 1.70. The Kier molecular flexibility index (Phi) is 5.59. The van der Waals surface area contributed by atoms with Crippen molar-refractivity contribution in [1.82, 2.24) is 4.98 Å². The van der Waals surface area contributed by atoms with Crippen molar-refractivity contribution in [1.29, 1.82) is 0 Å². The Morgan fingerprint density at radius 1 is 1.19 bits per heavy atom. The number of nitrogens with one attached hydrogen (secondary N) is 1. The van der Waals surface area contributed by atoms with Gasteiger partial charge in [-0.05, 0) is 44.5 Å². The Morgan fingerprint density at radius 2 is 1.92 bits per heavy atom. The van der Waals surface area contributed by atoms with E-state index in [1.165, 1.54) is 11.3 Å². The number of thiazole rings is 1. The lowest BCUT2D eigenvalue weighted by molar-refractivity contribution is -0.122. The zero-order valence-corrected chi connectivity index (χ0v) is 16.3. The van der Waals surface area contributed by atoms with Crippen LogP contribution < -0.4 is 10.1 Å². The number of halogens is 1. The highest BCUT2D eigenvalue weighted by Crippen LogP contribution is 2.30. The minimum atomic E-state index is -0.653. The molecular weight excluding hydrogens is 368 g/mol. The van der Waals surface area contributed by atoms with Gasteiger partial charge in [-0.3, -0.25) is 10.1 Å². The summed E-state index contributed by atoms with van der Waals surface area (Å²) < 4.78 is 5.76. The van der Waals surface area contributed by atoms with Crippen LogP contribution in [0.15, 0.2) is 48.5 Å². The first-order valence-corrected chi connectivity index (χ1v) is 9.40. The molecule has 1 aromatic heterocycles. The summed E-state index contributed by atoms with van der Waals surface area (Å²) >= 11 is 7.40. The summed E-state index contributed by atoms with van der Waals surface area (Å²) in [7, 11) is 0. The zero-order valence-electron chi connectivity index (χ0n) is 14.7. The highest BCUT2D eigenvalue weighted by Gasteiger charge is 2.18. The van der Waals surface area contributed by atoms with Crippen LogP contribution in [0.1, 0.15) is 17.4 Å². The molecule has 1 unspecified atom stereocenters. The summed E-state index contributed by atoms with van der Waals surface area (Å²) in [4.78, 5) is 18.1. The van der Waals surface area contributed by atoms with Gasteiger partial charge in [0.1, 0.15) is 5.75 Å². The van der Waals surface area contributed by atoms with Crippen molar-refractivity contribution in [3.05, 3.63) is 64.0 Å². The number of aryl methyl sites for hydroxylation is 2. The molecule has 0 radical (unpaired) electrons. The average molecular weight is 387 g/mol. The van der Waals surface area contributed by atoms with E-state index >= 15 is 0 Å². The van der Waals surface area contributed by atoms with Gasteiger partial charge in [0.15, 0.2) is 11.2 Å². The first-order chi connectivity index (χ1) is 12.4. The smallest absolute Gasteiger partial charge is 0.266 e. The van der Waals surface area contributed by atoms with Crippen LogP contribution in [0.2, 0.25) is 5.02 Å². The third-order valence-corrected chi connectivity index (χ3v) is 5.01. The molecule has 1 N–H and O–H groups in total. The van der Waals surface area contributed by atoms with E-state index in [9.17, 15) is 4.79 Å². The fraction of sp³-hybridized carbons (Fsp3) is 0.200. The minimum Gasteiger partial charge on any atom is -0.481 e. The number of hydrogen-bond acceptors (Lipinski definition) is 4. The first kappa shape index (κ1) is 18.4. The minimum absolute atomic E-state index is 0.243. The second kappa shape index (κ2) is 7.89.